The van der Waals surface area contributed by atoms with Crippen LogP contribution in [0.15, 0.2) is 54.9 Å². The van der Waals surface area contributed by atoms with Gasteiger partial charge in [-0.2, -0.15) is 5.10 Å². The van der Waals surface area contributed by atoms with Crippen LogP contribution < -0.4 is 10.5 Å². The summed E-state index contributed by atoms with van der Waals surface area (Å²) in [6, 6.07) is 13.7. The quantitative estimate of drug-likeness (QED) is 0.437. The Bertz CT molecular complexity index is 1330. The molecule has 8 nitrogen and oxygen atoms in total. The zero-order valence-electron chi connectivity index (χ0n) is 19.4. The van der Waals surface area contributed by atoms with Gasteiger partial charge < -0.3 is 15.4 Å². The monoisotopic (exact) mass is 456 g/mol. The van der Waals surface area contributed by atoms with E-state index in [1.165, 1.54) is 5.69 Å². The van der Waals surface area contributed by atoms with Crippen LogP contribution in [-0.4, -0.2) is 57.3 Å². The van der Waals surface area contributed by atoms with Crippen molar-refractivity contribution in [3.05, 3.63) is 60.6 Å². The third-order valence-electron chi connectivity index (χ3n) is 6.17. The summed E-state index contributed by atoms with van der Waals surface area (Å²) >= 11 is 0. The van der Waals surface area contributed by atoms with E-state index in [1.54, 1.807) is 12.4 Å². The molecule has 1 atom stereocenters. The first-order valence-corrected chi connectivity index (χ1v) is 11.5. The van der Waals surface area contributed by atoms with Crippen molar-refractivity contribution in [1.29, 1.82) is 0 Å². The van der Waals surface area contributed by atoms with Gasteiger partial charge in [0.25, 0.3) is 5.91 Å². The van der Waals surface area contributed by atoms with Crippen LogP contribution in [0, 0.1) is 0 Å². The zero-order valence-corrected chi connectivity index (χ0v) is 19.4. The Kier molecular flexibility index (Phi) is 5.98. The first-order chi connectivity index (χ1) is 16.5. The Balaban J connectivity index is 1.55. The molecule has 1 aromatic carbocycles. The molecule has 1 aliphatic heterocycles. The number of nitrogens with zero attached hydrogens (tertiary/aromatic N) is 5. The molecule has 0 bridgehead atoms. The summed E-state index contributed by atoms with van der Waals surface area (Å²) in [5.41, 5.74) is 11.5. The lowest BCUT2D eigenvalue weighted by Gasteiger charge is -2.18. The molecule has 0 aliphatic carbocycles. The van der Waals surface area contributed by atoms with E-state index in [2.05, 4.69) is 14.6 Å². The lowest BCUT2D eigenvalue weighted by atomic mass is 9.96. The van der Waals surface area contributed by atoms with Crippen molar-refractivity contribution >= 4 is 16.8 Å². The van der Waals surface area contributed by atoms with Gasteiger partial charge in [-0.05, 0) is 62.8 Å². The van der Waals surface area contributed by atoms with Gasteiger partial charge in [0.2, 0.25) is 0 Å². The Hall–Kier alpha value is -3.78. The Morgan fingerprint density at radius 2 is 2.06 bits per heavy atom. The lowest BCUT2D eigenvalue weighted by Crippen LogP contribution is -2.36. The number of carbonyl (C=O) groups excluding carboxylic acids is 1. The fourth-order valence-electron chi connectivity index (χ4n) is 4.52. The number of primary amides is 1. The van der Waals surface area contributed by atoms with Crippen LogP contribution in [0.25, 0.3) is 33.4 Å². The van der Waals surface area contributed by atoms with E-state index in [1.807, 2.05) is 61.5 Å². The number of ether oxygens (including phenoxy) is 1. The number of fused-ring (bicyclic) bond motifs is 2. The molecule has 2 N–H and O–H groups in total. The molecule has 1 unspecified atom stereocenters. The Morgan fingerprint density at radius 1 is 1.18 bits per heavy atom. The van der Waals surface area contributed by atoms with Crippen molar-refractivity contribution < 1.29 is 9.53 Å². The van der Waals surface area contributed by atoms with Gasteiger partial charge in [-0.15, -0.1) is 0 Å². The second-order valence-electron chi connectivity index (χ2n) is 8.85. The molecule has 5 rings (SSSR count). The van der Waals surface area contributed by atoms with Gasteiger partial charge in [0.15, 0.2) is 6.10 Å². The van der Waals surface area contributed by atoms with E-state index < -0.39 is 12.0 Å². The second kappa shape index (κ2) is 9.23. The Labute approximate surface area is 198 Å². The van der Waals surface area contributed by atoms with E-state index in [4.69, 9.17) is 15.6 Å². The van der Waals surface area contributed by atoms with Gasteiger partial charge >= 0.3 is 0 Å². The lowest BCUT2D eigenvalue weighted by molar-refractivity contribution is -0.125. The Morgan fingerprint density at radius 3 is 2.82 bits per heavy atom. The molecule has 1 aliphatic rings. The van der Waals surface area contributed by atoms with Crippen LogP contribution in [0.1, 0.15) is 18.5 Å². The first kappa shape index (κ1) is 22.0. The SMILES string of the molecule is CN(C)CCC(Oc1ccc2c(-c3c(-c4ccccn4)nn4c3CCC4)ccnc2c1)C(N)=O. The molecular formula is C26H28N6O2. The van der Waals surface area contributed by atoms with Crippen LogP contribution in [-0.2, 0) is 17.8 Å². The number of nitrogens with two attached hydrogens (primary N) is 1. The molecule has 34 heavy (non-hydrogen) atoms. The second-order valence-corrected chi connectivity index (χ2v) is 8.85. The molecule has 0 fully saturated rings. The van der Waals surface area contributed by atoms with E-state index in [0.717, 1.165) is 52.8 Å². The molecule has 1 amide bonds. The molecule has 3 aromatic heterocycles. The number of benzene rings is 1. The molecule has 0 radical (unpaired) electrons. The summed E-state index contributed by atoms with van der Waals surface area (Å²) in [4.78, 5) is 23.1. The molecule has 8 heteroatoms. The van der Waals surface area contributed by atoms with Gasteiger partial charge in [-0.25, -0.2) is 0 Å². The minimum Gasteiger partial charge on any atom is -0.480 e. The molecule has 4 heterocycles. The average Bonchev–Trinajstić information content (AvgIpc) is 3.43. The average molecular weight is 457 g/mol. The van der Waals surface area contributed by atoms with Crippen LogP contribution in [0.4, 0.5) is 0 Å². The summed E-state index contributed by atoms with van der Waals surface area (Å²) in [5.74, 6) is 0.101. The molecule has 0 saturated carbocycles. The minimum atomic E-state index is -0.697. The highest BCUT2D eigenvalue weighted by Crippen LogP contribution is 2.40. The van der Waals surface area contributed by atoms with Gasteiger partial charge in [0.05, 0.1) is 11.2 Å². The predicted molar refractivity (Wildman–Crippen MR) is 131 cm³/mol. The number of pyridine rings is 2. The predicted octanol–water partition coefficient (Wildman–Crippen LogP) is 3.29. The van der Waals surface area contributed by atoms with E-state index in [-0.39, 0.29) is 0 Å². The first-order valence-electron chi connectivity index (χ1n) is 11.5. The van der Waals surface area contributed by atoms with E-state index in [0.29, 0.717) is 18.7 Å². The largest absolute Gasteiger partial charge is 0.480 e. The van der Waals surface area contributed by atoms with Gasteiger partial charge in [-0.3, -0.25) is 19.4 Å². The highest BCUT2D eigenvalue weighted by Gasteiger charge is 2.26. The van der Waals surface area contributed by atoms with E-state index >= 15 is 0 Å². The number of hydrogen-bond donors (Lipinski definition) is 1. The third-order valence-corrected chi connectivity index (χ3v) is 6.17. The molecule has 4 aromatic rings. The summed E-state index contributed by atoms with van der Waals surface area (Å²) in [6.45, 7) is 1.62. The van der Waals surface area contributed by atoms with Crippen molar-refractivity contribution in [3.63, 3.8) is 0 Å². The van der Waals surface area contributed by atoms with Crippen LogP contribution >= 0.6 is 0 Å². The highest BCUT2D eigenvalue weighted by molar-refractivity contribution is 5.99. The van der Waals surface area contributed by atoms with Crippen molar-refractivity contribution in [1.82, 2.24) is 24.6 Å². The summed E-state index contributed by atoms with van der Waals surface area (Å²) < 4.78 is 8.07. The molecule has 0 spiro atoms. The fourth-order valence-corrected chi connectivity index (χ4v) is 4.52. The third kappa shape index (κ3) is 4.24. The normalized spacial score (nSPS) is 13.9. The maximum Gasteiger partial charge on any atom is 0.258 e. The number of carbonyl (C=O) groups is 1. The van der Waals surface area contributed by atoms with Crippen molar-refractivity contribution in [2.24, 2.45) is 5.73 Å². The number of amides is 1. The number of aryl methyl sites for hydroxylation is 1. The molecule has 0 saturated heterocycles. The molecule has 174 valence electrons. The standard InChI is InChI=1S/C26H28N6O2/c1-31(2)15-11-23(26(27)33)34-17-8-9-18-19(10-13-29-21(18)16-17)24-22-7-5-14-32(22)30-25(24)20-6-3-4-12-28-20/h3-4,6,8-10,12-13,16,23H,5,7,11,14-15H2,1-2H3,(H2,27,33). The summed E-state index contributed by atoms with van der Waals surface area (Å²) in [5, 5.41) is 5.91. The van der Waals surface area contributed by atoms with Crippen LogP contribution in [0.2, 0.25) is 0 Å². The van der Waals surface area contributed by atoms with Crippen molar-refractivity contribution in [2.45, 2.75) is 31.9 Å². The topological polar surface area (TPSA) is 99.2 Å². The smallest absolute Gasteiger partial charge is 0.258 e. The highest BCUT2D eigenvalue weighted by atomic mass is 16.5. The van der Waals surface area contributed by atoms with Gasteiger partial charge in [-0.1, -0.05) is 6.07 Å². The maximum atomic E-state index is 11.9. The maximum absolute atomic E-state index is 11.9. The van der Waals surface area contributed by atoms with Crippen molar-refractivity contribution in [2.75, 3.05) is 20.6 Å². The zero-order chi connectivity index (χ0) is 23.7. The number of aromatic nitrogens is 4. The minimum absolute atomic E-state index is 0.473. The number of hydrogen-bond acceptors (Lipinski definition) is 6. The van der Waals surface area contributed by atoms with Crippen molar-refractivity contribution in [3.8, 4) is 28.3 Å². The summed E-state index contributed by atoms with van der Waals surface area (Å²) in [6.07, 6.45) is 5.48. The van der Waals surface area contributed by atoms with Gasteiger partial charge in [0, 0.05) is 54.6 Å². The van der Waals surface area contributed by atoms with Gasteiger partial charge in [0.1, 0.15) is 11.4 Å². The summed E-state index contributed by atoms with van der Waals surface area (Å²) in [7, 11) is 3.90. The van der Waals surface area contributed by atoms with Crippen LogP contribution in [0.3, 0.4) is 0 Å². The molecular weight excluding hydrogens is 428 g/mol. The van der Waals surface area contributed by atoms with E-state index in [9.17, 15) is 4.79 Å². The number of rotatable bonds is 8. The fraction of sp³-hybridized carbons (Fsp3) is 0.308. The van der Waals surface area contributed by atoms with Crippen LogP contribution in [0.5, 0.6) is 5.75 Å².